The van der Waals surface area contributed by atoms with Gasteiger partial charge in [-0.05, 0) is 54.7 Å². The Morgan fingerprint density at radius 2 is 1.76 bits per heavy atom. The molecule has 1 heterocycles. The molecule has 1 aromatic heterocycles. The van der Waals surface area contributed by atoms with Crippen LogP contribution in [0.1, 0.15) is 36.2 Å². The number of carboxylic acids is 1. The number of ether oxygens (including phenoxy) is 1. The quantitative estimate of drug-likeness (QED) is 0.467. The van der Waals surface area contributed by atoms with Crippen molar-refractivity contribution in [2.24, 2.45) is 5.92 Å². The molecule has 5 heteroatoms. The molecular weight excluding hydrogens is 430 g/mol. The first-order valence-corrected chi connectivity index (χ1v) is 10.6. The van der Waals surface area contributed by atoms with Gasteiger partial charge < -0.3 is 9.84 Å². The molecule has 148 valence electrons. The summed E-state index contributed by atoms with van der Waals surface area (Å²) in [6.07, 6.45) is 5.04. The number of aromatic carboxylic acids is 1. The highest BCUT2D eigenvalue weighted by Gasteiger charge is 2.18. The minimum Gasteiger partial charge on any atom is -0.493 e. The Morgan fingerprint density at radius 1 is 1.00 bits per heavy atom. The molecule has 0 spiro atoms. The number of carbonyl (C=O) groups is 1. The summed E-state index contributed by atoms with van der Waals surface area (Å²) in [4.78, 5) is 15.7. The molecule has 1 aliphatic carbocycles. The molecule has 0 amide bonds. The van der Waals surface area contributed by atoms with Gasteiger partial charge in [-0.2, -0.15) is 0 Å². The summed E-state index contributed by atoms with van der Waals surface area (Å²) in [6.45, 7) is 0.726. The molecule has 3 aromatic rings. The second kappa shape index (κ2) is 8.78. The molecule has 2 aromatic carbocycles. The fraction of sp³-hybridized carbons (Fsp3) is 0.250. The smallest absolute Gasteiger partial charge is 0.354 e. The van der Waals surface area contributed by atoms with E-state index in [2.05, 4.69) is 20.9 Å². The van der Waals surface area contributed by atoms with Crippen molar-refractivity contribution in [1.82, 2.24) is 4.98 Å². The topological polar surface area (TPSA) is 59.4 Å². The van der Waals surface area contributed by atoms with E-state index >= 15 is 0 Å². The third kappa shape index (κ3) is 4.51. The Bertz CT molecular complexity index is 1030. The second-order valence-electron chi connectivity index (χ2n) is 7.36. The maximum absolute atomic E-state index is 11.4. The first-order valence-electron chi connectivity index (χ1n) is 9.84. The highest BCUT2D eigenvalue weighted by molar-refractivity contribution is 9.10. The molecule has 1 aliphatic rings. The van der Waals surface area contributed by atoms with Crippen LogP contribution in [0.25, 0.3) is 22.4 Å². The summed E-state index contributed by atoms with van der Waals surface area (Å²) < 4.78 is 7.21. The van der Waals surface area contributed by atoms with Gasteiger partial charge in [0.05, 0.1) is 12.3 Å². The first-order chi connectivity index (χ1) is 14.1. The highest BCUT2D eigenvalue weighted by Crippen LogP contribution is 2.39. The van der Waals surface area contributed by atoms with Crippen molar-refractivity contribution in [3.8, 4) is 28.1 Å². The number of hydrogen-bond acceptors (Lipinski definition) is 3. The van der Waals surface area contributed by atoms with E-state index in [0.29, 0.717) is 11.6 Å². The number of hydrogen-bond donors (Lipinski definition) is 1. The van der Waals surface area contributed by atoms with E-state index in [4.69, 9.17) is 4.74 Å². The standard InChI is InChI=1S/C24H22BrNO3/c25-17-12-13-23(29-15-16-6-1-2-7-16)20(14-17)18-8-3-4-9-19(18)21-10-5-11-22(26-21)24(27)28/h3-5,8-14,16H,1-2,6-7,15H2,(H,27,28). The van der Waals surface area contributed by atoms with Crippen LogP contribution in [0.5, 0.6) is 5.75 Å². The van der Waals surface area contributed by atoms with Crippen LogP contribution in [-0.4, -0.2) is 22.7 Å². The lowest BCUT2D eigenvalue weighted by Crippen LogP contribution is -2.08. The van der Waals surface area contributed by atoms with Crippen molar-refractivity contribution >= 4 is 21.9 Å². The van der Waals surface area contributed by atoms with E-state index in [1.54, 1.807) is 6.07 Å². The average molecular weight is 452 g/mol. The number of aromatic nitrogens is 1. The minimum absolute atomic E-state index is 0.0317. The summed E-state index contributed by atoms with van der Waals surface area (Å²) in [7, 11) is 0. The molecule has 0 radical (unpaired) electrons. The van der Waals surface area contributed by atoms with E-state index in [9.17, 15) is 9.90 Å². The third-order valence-electron chi connectivity index (χ3n) is 5.35. The van der Waals surface area contributed by atoms with Crippen LogP contribution < -0.4 is 4.74 Å². The highest BCUT2D eigenvalue weighted by atomic mass is 79.9. The molecule has 0 unspecified atom stereocenters. The molecule has 4 rings (SSSR count). The summed E-state index contributed by atoms with van der Waals surface area (Å²) in [5, 5.41) is 9.31. The van der Waals surface area contributed by atoms with Gasteiger partial charge in [0.1, 0.15) is 11.4 Å². The zero-order chi connectivity index (χ0) is 20.2. The lowest BCUT2D eigenvalue weighted by molar-refractivity contribution is 0.0690. The first kappa shape index (κ1) is 19.6. The normalized spacial score (nSPS) is 14.1. The summed E-state index contributed by atoms with van der Waals surface area (Å²) in [5.41, 5.74) is 3.46. The van der Waals surface area contributed by atoms with E-state index in [1.165, 1.54) is 31.7 Å². The Labute approximate surface area is 178 Å². The number of nitrogens with zero attached hydrogens (tertiary/aromatic N) is 1. The van der Waals surface area contributed by atoms with Gasteiger partial charge in [-0.1, -0.05) is 59.1 Å². The molecule has 0 atom stereocenters. The van der Waals surface area contributed by atoms with Gasteiger partial charge in [0.25, 0.3) is 0 Å². The van der Waals surface area contributed by atoms with Crippen molar-refractivity contribution < 1.29 is 14.6 Å². The molecular formula is C24H22BrNO3. The Hall–Kier alpha value is -2.66. The molecule has 1 fully saturated rings. The van der Waals surface area contributed by atoms with Crippen molar-refractivity contribution in [3.63, 3.8) is 0 Å². The van der Waals surface area contributed by atoms with Gasteiger partial charge >= 0.3 is 5.97 Å². The van der Waals surface area contributed by atoms with E-state index in [-0.39, 0.29) is 5.69 Å². The lowest BCUT2D eigenvalue weighted by atomic mass is 9.96. The van der Waals surface area contributed by atoms with Gasteiger partial charge in [-0.15, -0.1) is 0 Å². The van der Waals surface area contributed by atoms with Gasteiger partial charge in [0.15, 0.2) is 0 Å². The second-order valence-corrected chi connectivity index (χ2v) is 8.28. The Kier molecular flexibility index (Phi) is 5.95. The molecule has 0 aliphatic heterocycles. The molecule has 0 saturated heterocycles. The molecule has 1 saturated carbocycles. The van der Waals surface area contributed by atoms with Crippen molar-refractivity contribution in [2.45, 2.75) is 25.7 Å². The minimum atomic E-state index is -1.03. The number of rotatable bonds is 6. The van der Waals surface area contributed by atoms with Gasteiger partial charge in [-0.25, -0.2) is 9.78 Å². The number of pyridine rings is 1. The fourth-order valence-corrected chi connectivity index (χ4v) is 4.23. The fourth-order valence-electron chi connectivity index (χ4n) is 3.87. The monoisotopic (exact) mass is 451 g/mol. The van der Waals surface area contributed by atoms with Crippen LogP contribution in [-0.2, 0) is 0 Å². The molecule has 0 bridgehead atoms. The van der Waals surface area contributed by atoms with E-state index < -0.39 is 5.97 Å². The third-order valence-corrected chi connectivity index (χ3v) is 5.85. The van der Waals surface area contributed by atoms with Gasteiger partial charge in [-0.3, -0.25) is 0 Å². The lowest BCUT2D eigenvalue weighted by Gasteiger charge is -2.17. The van der Waals surface area contributed by atoms with Crippen molar-refractivity contribution in [3.05, 3.63) is 70.8 Å². The zero-order valence-corrected chi connectivity index (χ0v) is 17.6. The predicted molar refractivity (Wildman–Crippen MR) is 117 cm³/mol. The molecule has 4 nitrogen and oxygen atoms in total. The van der Waals surface area contributed by atoms with Gasteiger partial charge in [0, 0.05) is 15.6 Å². The van der Waals surface area contributed by atoms with Crippen LogP contribution in [0.3, 0.4) is 0 Å². The molecule has 29 heavy (non-hydrogen) atoms. The van der Waals surface area contributed by atoms with Crippen LogP contribution in [0.4, 0.5) is 0 Å². The van der Waals surface area contributed by atoms with Crippen molar-refractivity contribution in [1.29, 1.82) is 0 Å². The maximum Gasteiger partial charge on any atom is 0.354 e. The average Bonchev–Trinajstić information content (AvgIpc) is 3.26. The summed E-state index contributed by atoms with van der Waals surface area (Å²) in [6, 6.07) is 19.0. The zero-order valence-electron chi connectivity index (χ0n) is 16.0. The maximum atomic E-state index is 11.4. The Morgan fingerprint density at radius 3 is 2.52 bits per heavy atom. The summed E-state index contributed by atoms with van der Waals surface area (Å²) in [5.74, 6) is 0.421. The van der Waals surface area contributed by atoms with Crippen LogP contribution >= 0.6 is 15.9 Å². The number of halogens is 1. The molecule has 1 N–H and O–H groups in total. The van der Waals surface area contributed by atoms with E-state index in [1.807, 2.05) is 48.5 Å². The van der Waals surface area contributed by atoms with Gasteiger partial charge in [0.2, 0.25) is 0 Å². The van der Waals surface area contributed by atoms with Crippen molar-refractivity contribution in [2.75, 3.05) is 6.61 Å². The largest absolute Gasteiger partial charge is 0.493 e. The van der Waals surface area contributed by atoms with E-state index in [0.717, 1.165) is 33.5 Å². The van der Waals surface area contributed by atoms with Crippen LogP contribution in [0.2, 0.25) is 0 Å². The number of benzene rings is 2. The predicted octanol–water partition coefficient (Wildman–Crippen LogP) is 6.45. The number of carboxylic acid groups (broad SMARTS) is 1. The van der Waals surface area contributed by atoms with Crippen LogP contribution in [0, 0.1) is 5.92 Å². The SMILES string of the molecule is O=C(O)c1cccc(-c2ccccc2-c2cc(Br)ccc2OCC2CCCC2)n1. The Balaban J connectivity index is 1.74. The van der Waals surface area contributed by atoms with Crippen LogP contribution in [0.15, 0.2) is 65.1 Å². The summed E-state index contributed by atoms with van der Waals surface area (Å²) >= 11 is 3.57.